The third-order valence-corrected chi connectivity index (χ3v) is 8.66. The van der Waals surface area contributed by atoms with Gasteiger partial charge < -0.3 is 19.3 Å². The lowest BCUT2D eigenvalue weighted by Gasteiger charge is -2.29. The molecule has 0 N–H and O–H groups in total. The monoisotopic (exact) mass is 680 g/mol. The van der Waals surface area contributed by atoms with Crippen LogP contribution in [0.4, 0.5) is 34.1 Å². The SMILES string of the molecule is C=C(C)C(=O)Oc1ccc(N(c2ccc(N(c3ccc(OC(=O)C(=C)C)cc3)c3ccc4ccccc4c3)cc2)c2ccc3ccccc3c2)cc1. The highest BCUT2D eigenvalue weighted by Gasteiger charge is 2.18. The fourth-order valence-electron chi connectivity index (χ4n) is 5.99. The smallest absolute Gasteiger partial charge is 0.338 e. The molecule has 0 aliphatic rings. The van der Waals surface area contributed by atoms with Crippen molar-refractivity contribution in [1.29, 1.82) is 0 Å². The van der Waals surface area contributed by atoms with E-state index in [2.05, 4.69) is 108 Å². The van der Waals surface area contributed by atoms with E-state index in [0.29, 0.717) is 22.6 Å². The maximum Gasteiger partial charge on any atom is 0.338 e. The first-order valence-electron chi connectivity index (χ1n) is 16.9. The standard InChI is InChI=1S/C46H36N2O4/c1-31(2)45(49)51-43-25-21-39(22-26-43)47(41-15-13-33-9-5-7-11-35(33)29-41)37-17-19-38(20-18-37)48(42-16-14-34-10-6-8-12-36(34)30-42)40-23-27-44(28-24-40)52-46(50)32(3)4/h5-30H,1,3H2,2,4H3. The summed E-state index contributed by atoms with van der Waals surface area (Å²) in [6.45, 7) is 10.6. The van der Waals surface area contributed by atoms with Gasteiger partial charge in [0.2, 0.25) is 0 Å². The number of hydrogen-bond donors (Lipinski definition) is 0. The van der Waals surface area contributed by atoms with Crippen molar-refractivity contribution in [1.82, 2.24) is 0 Å². The number of rotatable bonds is 10. The Kier molecular flexibility index (Phi) is 9.37. The lowest BCUT2D eigenvalue weighted by Crippen LogP contribution is -2.13. The molecule has 7 rings (SSSR count). The van der Waals surface area contributed by atoms with Gasteiger partial charge in [0, 0.05) is 45.3 Å². The van der Waals surface area contributed by atoms with Gasteiger partial charge in [-0.25, -0.2) is 9.59 Å². The van der Waals surface area contributed by atoms with Gasteiger partial charge >= 0.3 is 11.9 Å². The maximum atomic E-state index is 12.2. The zero-order valence-corrected chi connectivity index (χ0v) is 29.0. The molecule has 0 aliphatic heterocycles. The predicted octanol–water partition coefficient (Wildman–Crippen LogP) is 11.9. The van der Waals surface area contributed by atoms with Crippen molar-refractivity contribution in [2.24, 2.45) is 0 Å². The molecule has 0 atom stereocenters. The first-order chi connectivity index (χ1) is 25.2. The van der Waals surface area contributed by atoms with Crippen molar-refractivity contribution in [2.75, 3.05) is 9.80 Å². The summed E-state index contributed by atoms with van der Waals surface area (Å²) < 4.78 is 11.0. The number of hydrogen-bond acceptors (Lipinski definition) is 6. The highest BCUT2D eigenvalue weighted by molar-refractivity contribution is 5.92. The molecule has 0 bridgehead atoms. The van der Waals surface area contributed by atoms with Crippen LogP contribution < -0.4 is 19.3 Å². The van der Waals surface area contributed by atoms with E-state index >= 15 is 0 Å². The largest absolute Gasteiger partial charge is 0.423 e. The van der Waals surface area contributed by atoms with E-state index in [9.17, 15) is 9.59 Å². The number of benzene rings is 7. The number of anilines is 6. The van der Waals surface area contributed by atoms with Crippen LogP contribution in [0.1, 0.15) is 13.8 Å². The zero-order chi connectivity index (χ0) is 36.2. The third kappa shape index (κ3) is 7.18. The Balaban J connectivity index is 1.29. The van der Waals surface area contributed by atoms with Gasteiger partial charge in [-0.05, 0) is 132 Å². The summed E-state index contributed by atoms with van der Waals surface area (Å²) >= 11 is 0. The van der Waals surface area contributed by atoms with Crippen molar-refractivity contribution in [3.8, 4) is 11.5 Å². The van der Waals surface area contributed by atoms with Gasteiger partial charge in [0.05, 0.1) is 0 Å². The summed E-state index contributed by atoms with van der Waals surface area (Å²) in [5, 5.41) is 4.53. The molecule has 0 spiro atoms. The summed E-state index contributed by atoms with van der Waals surface area (Å²) in [5.41, 5.74) is 6.28. The molecular formula is C46H36N2O4. The van der Waals surface area contributed by atoms with Crippen LogP contribution >= 0.6 is 0 Å². The Morgan fingerprint density at radius 1 is 0.404 bits per heavy atom. The Labute approximate surface area is 303 Å². The summed E-state index contributed by atoms with van der Waals surface area (Å²) in [4.78, 5) is 28.7. The average molecular weight is 681 g/mol. The van der Waals surface area contributed by atoms with Crippen LogP contribution in [-0.2, 0) is 9.59 Å². The molecule has 7 aromatic rings. The van der Waals surface area contributed by atoms with E-state index in [1.54, 1.807) is 38.1 Å². The Hall–Kier alpha value is -6.92. The third-order valence-electron chi connectivity index (χ3n) is 8.66. The highest BCUT2D eigenvalue weighted by atomic mass is 16.5. The van der Waals surface area contributed by atoms with Gasteiger partial charge in [-0.1, -0.05) is 73.8 Å². The Morgan fingerprint density at radius 2 is 0.692 bits per heavy atom. The van der Waals surface area contributed by atoms with Crippen LogP contribution in [0.15, 0.2) is 182 Å². The molecule has 0 amide bonds. The maximum absolute atomic E-state index is 12.2. The minimum atomic E-state index is -0.465. The van der Waals surface area contributed by atoms with E-state index in [1.165, 1.54) is 0 Å². The van der Waals surface area contributed by atoms with Gasteiger partial charge in [-0.2, -0.15) is 0 Å². The summed E-state index contributed by atoms with van der Waals surface area (Å²) in [6.07, 6.45) is 0. The minimum absolute atomic E-state index is 0.335. The highest BCUT2D eigenvalue weighted by Crippen LogP contribution is 2.41. The van der Waals surface area contributed by atoms with Crippen LogP contribution in [0.25, 0.3) is 21.5 Å². The molecular weight excluding hydrogens is 645 g/mol. The lowest BCUT2D eigenvalue weighted by molar-refractivity contribution is -0.130. The van der Waals surface area contributed by atoms with Crippen molar-refractivity contribution in [3.05, 3.63) is 182 Å². The van der Waals surface area contributed by atoms with Gasteiger partial charge in [0.25, 0.3) is 0 Å². The lowest BCUT2D eigenvalue weighted by atomic mass is 10.1. The summed E-state index contributed by atoms with van der Waals surface area (Å²) in [7, 11) is 0. The molecule has 52 heavy (non-hydrogen) atoms. The number of carbonyl (C=O) groups is 2. The van der Waals surface area contributed by atoms with Crippen molar-refractivity contribution in [2.45, 2.75) is 13.8 Å². The Morgan fingerprint density at radius 3 is 1.02 bits per heavy atom. The van der Waals surface area contributed by atoms with Gasteiger partial charge in [-0.3, -0.25) is 0 Å². The molecule has 0 aliphatic carbocycles. The number of fused-ring (bicyclic) bond motifs is 2. The number of ether oxygens (including phenoxy) is 2. The normalized spacial score (nSPS) is 10.8. The molecule has 6 nitrogen and oxygen atoms in total. The van der Waals surface area contributed by atoms with Crippen LogP contribution in [0.3, 0.4) is 0 Å². The topological polar surface area (TPSA) is 59.1 Å². The second kappa shape index (κ2) is 14.5. The average Bonchev–Trinajstić information content (AvgIpc) is 3.17. The fourth-order valence-corrected chi connectivity index (χ4v) is 5.99. The summed E-state index contributed by atoms with van der Waals surface area (Å²) in [6, 6.07) is 52.6. The quantitative estimate of drug-likeness (QED) is 0.0814. The molecule has 0 saturated carbocycles. The van der Waals surface area contributed by atoms with E-state index < -0.39 is 11.9 Å². The first-order valence-corrected chi connectivity index (χ1v) is 16.9. The van der Waals surface area contributed by atoms with Crippen LogP contribution in [0.2, 0.25) is 0 Å². The predicted molar refractivity (Wildman–Crippen MR) is 212 cm³/mol. The van der Waals surface area contributed by atoms with E-state index in [-0.39, 0.29) is 0 Å². The van der Waals surface area contributed by atoms with Crippen molar-refractivity contribution < 1.29 is 19.1 Å². The summed E-state index contributed by atoms with van der Waals surface area (Å²) in [5.74, 6) is -0.0459. The number of carbonyl (C=O) groups excluding carboxylic acids is 2. The molecule has 0 unspecified atom stereocenters. The molecule has 6 heteroatoms. The fraction of sp³-hybridized carbons (Fsp3) is 0.0435. The number of esters is 2. The second-order valence-corrected chi connectivity index (χ2v) is 12.6. The molecule has 0 fully saturated rings. The molecule has 0 saturated heterocycles. The van der Waals surface area contributed by atoms with Gasteiger partial charge in [0.1, 0.15) is 11.5 Å². The van der Waals surface area contributed by atoms with E-state index in [4.69, 9.17) is 9.47 Å². The van der Waals surface area contributed by atoms with Crippen LogP contribution in [0, 0.1) is 0 Å². The molecule has 254 valence electrons. The van der Waals surface area contributed by atoms with Crippen molar-refractivity contribution in [3.63, 3.8) is 0 Å². The molecule has 0 radical (unpaired) electrons. The zero-order valence-electron chi connectivity index (χ0n) is 29.0. The van der Waals surface area contributed by atoms with Gasteiger partial charge in [-0.15, -0.1) is 0 Å². The second-order valence-electron chi connectivity index (χ2n) is 12.6. The van der Waals surface area contributed by atoms with E-state index in [1.807, 2.05) is 48.5 Å². The first kappa shape index (κ1) is 33.6. The van der Waals surface area contributed by atoms with Crippen molar-refractivity contribution >= 4 is 67.6 Å². The number of nitrogens with zero attached hydrogens (tertiary/aromatic N) is 2. The molecule has 7 aromatic carbocycles. The minimum Gasteiger partial charge on any atom is -0.423 e. The molecule has 0 aromatic heterocycles. The molecule has 0 heterocycles. The van der Waals surface area contributed by atoms with Crippen LogP contribution in [0.5, 0.6) is 11.5 Å². The van der Waals surface area contributed by atoms with E-state index in [0.717, 1.165) is 55.7 Å². The van der Waals surface area contributed by atoms with Crippen LogP contribution in [-0.4, -0.2) is 11.9 Å². The Bertz CT molecular complexity index is 2280. The van der Waals surface area contributed by atoms with Gasteiger partial charge in [0.15, 0.2) is 0 Å².